The summed E-state index contributed by atoms with van der Waals surface area (Å²) >= 11 is 0. The average Bonchev–Trinajstić information content (AvgIpc) is 3.01. The number of ether oxygens (including phenoxy) is 1. The first-order chi connectivity index (χ1) is 11.0. The molecule has 23 heavy (non-hydrogen) atoms. The number of nitrogens with one attached hydrogen (secondary N) is 1. The number of aromatic nitrogens is 1. The van der Waals surface area contributed by atoms with Crippen LogP contribution in [0.1, 0.15) is 10.4 Å². The van der Waals surface area contributed by atoms with Gasteiger partial charge in [-0.1, -0.05) is 12.1 Å². The lowest BCUT2D eigenvalue weighted by Crippen LogP contribution is -2.17. The van der Waals surface area contributed by atoms with Gasteiger partial charge in [-0.15, -0.1) is 0 Å². The maximum absolute atomic E-state index is 12.6. The number of fused-ring (bicyclic) bond motifs is 1. The summed E-state index contributed by atoms with van der Waals surface area (Å²) < 4.78 is 37.2. The SMILES string of the molecule is COC(=O)c1ccccc1S(=O)(=O)Nc1ccc2ocnc2c1. The molecule has 0 aliphatic rings. The number of methoxy groups -OCH3 is 1. The smallest absolute Gasteiger partial charge is 0.339 e. The van der Waals surface area contributed by atoms with Crippen molar-refractivity contribution < 1.29 is 22.4 Å². The summed E-state index contributed by atoms with van der Waals surface area (Å²) in [4.78, 5) is 15.5. The number of nitrogens with zero attached hydrogens (tertiary/aromatic N) is 1. The molecule has 0 atom stereocenters. The molecular weight excluding hydrogens is 320 g/mol. The molecule has 0 bridgehead atoms. The maximum atomic E-state index is 12.6. The van der Waals surface area contributed by atoms with E-state index in [4.69, 9.17) is 4.42 Å². The number of sulfonamides is 1. The molecule has 0 aliphatic heterocycles. The van der Waals surface area contributed by atoms with Crippen molar-refractivity contribution in [2.45, 2.75) is 4.90 Å². The van der Waals surface area contributed by atoms with Crippen molar-refractivity contribution in [1.82, 2.24) is 4.98 Å². The minimum absolute atomic E-state index is 0.0370. The Labute approximate surface area is 131 Å². The summed E-state index contributed by atoms with van der Waals surface area (Å²) in [6.45, 7) is 0. The van der Waals surface area contributed by atoms with Gasteiger partial charge in [0.2, 0.25) is 0 Å². The van der Waals surface area contributed by atoms with E-state index in [1.807, 2.05) is 0 Å². The number of carbonyl (C=O) groups excluding carboxylic acids is 1. The van der Waals surface area contributed by atoms with Gasteiger partial charge < -0.3 is 9.15 Å². The fourth-order valence-corrected chi connectivity index (χ4v) is 3.36. The highest BCUT2D eigenvalue weighted by Crippen LogP contribution is 2.23. The molecule has 0 spiro atoms. The standard InChI is InChI=1S/C15H12N2O5S/c1-21-15(18)11-4-2-3-5-14(11)23(19,20)17-10-6-7-13-12(8-10)16-9-22-13/h2-9,17H,1H3. The van der Waals surface area contributed by atoms with Gasteiger partial charge in [0, 0.05) is 0 Å². The Bertz CT molecular complexity index is 978. The number of hydrogen-bond acceptors (Lipinski definition) is 6. The lowest BCUT2D eigenvalue weighted by Gasteiger charge is -2.11. The zero-order valence-corrected chi connectivity index (χ0v) is 12.8. The number of carbonyl (C=O) groups is 1. The molecule has 3 rings (SSSR count). The van der Waals surface area contributed by atoms with Crippen molar-refractivity contribution in [3.05, 3.63) is 54.4 Å². The van der Waals surface area contributed by atoms with Gasteiger partial charge in [0.05, 0.1) is 18.4 Å². The lowest BCUT2D eigenvalue weighted by molar-refractivity contribution is 0.0596. The Balaban J connectivity index is 2.00. The van der Waals surface area contributed by atoms with E-state index in [-0.39, 0.29) is 10.5 Å². The summed E-state index contributed by atoms with van der Waals surface area (Å²) in [5.74, 6) is -0.724. The van der Waals surface area contributed by atoms with Crippen molar-refractivity contribution in [2.75, 3.05) is 11.8 Å². The van der Waals surface area contributed by atoms with Crippen LogP contribution < -0.4 is 4.72 Å². The Hall–Kier alpha value is -2.87. The van der Waals surface area contributed by atoms with E-state index >= 15 is 0 Å². The summed E-state index contributed by atoms with van der Waals surface area (Å²) in [6, 6.07) is 10.5. The van der Waals surface area contributed by atoms with Crippen LogP contribution in [-0.4, -0.2) is 26.5 Å². The number of esters is 1. The van der Waals surface area contributed by atoms with Crippen molar-refractivity contribution in [3.63, 3.8) is 0 Å². The first-order valence-corrected chi connectivity index (χ1v) is 8.03. The molecule has 0 radical (unpaired) electrons. The van der Waals surface area contributed by atoms with E-state index in [2.05, 4.69) is 14.4 Å². The fraction of sp³-hybridized carbons (Fsp3) is 0.0667. The highest BCUT2D eigenvalue weighted by atomic mass is 32.2. The minimum atomic E-state index is -3.96. The van der Waals surface area contributed by atoms with Crippen molar-refractivity contribution >= 4 is 32.8 Å². The third kappa shape index (κ3) is 2.88. The Kier molecular flexibility index (Phi) is 3.75. The second kappa shape index (κ2) is 5.73. The van der Waals surface area contributed by atoms with Crippen LogP contribution in [0.4, 0.5) is 5.69 Å². The molecule has 1 N–H and O–H groups in total. The predicted molar refractivity (Wildman–Crippen MR) is 82.6 cm³/mol. The average molecular weight is 332 g/mol. The topological polar surface area (TPSA) is 98.5 Å². The summed E-state index contributed by atoms with van der Waals surface area (Å²) in [6.07, 6.45) is 1.27. The van der Waals surface area contributed by atoms with Crippen LogP contribution in [0.25, 0.3) is 11.1 Å². The number of rotatable bonds is 4. The van der Waals surface area contributed by atoms with E-state index in [9.17, 15) is 13.2 Å². The molecular formula is C15H12N2O5S. The molecule has 7 nitrogen and oxygen atoms in total. The summed E-state index contributed by atoms with van der Waals surface area (Å²) in [5.41, 5.74) is 1.34. The molecule has 0 aliphatic carbocycles. The quantitative estimate of drug-likeness (QED) is 0.737. The Morgan fingerprint density at radius 1 is 1.22 bits per heavy atom. The Morgan fingerprint density at radius 2 is 2.00 bits per heavy atom. The second-order valence-corrected chi connectivity index (χ2v) is 6.28. The first kappa shape index (κ1) is 15.0. The van der Waals surface area contributed by atoms with E-state index in [1.165, 1.54) is 37.8 Å². The normalized spacial score (nSPS) is 11.3. The van der Waals surface area contributed by atoms with Crippen molar-refractivity contribution in [1.29, 1.82) is 0 Å². The third-order valence-corrected chi connectivity index (χ3v) is 4.60. The largest absolute Gasteiger partial charge is 0.465 e. The Morgan fingerprint density at radius 3 is 2.78 bits per heavy atom. The van der Waals surface area contributed by atoms with Gasteiger partial charge in [-0.25, -0.2) is 18.2 Å². The zero-order valence-electron chi connectivity index (χ0n) is 12.0. The number of anilines is 1. The first-order valence-electron chi connectivity index (χ1n) is 6.55. The molecule has 1 aromatic heterocycles. The van der Waals surface area contributed by atoms with Gasteiger partial charge in [0.1, 0.15) is 10.4 Å². The second-order valence-electron chi connectivity index (χ2n) is 4.63. The van der Waals surface area contributed by atoms with Crippen LogP contribution in [0.2, 0.25) is 0 Å². The van der Waals surface area contributed by atoms with E-state index in [0.29, 0.717) is 16.8 Å². The van der Waals surface area contributed by atoms with E-state index in [1.54, 1.807) is 18.2 Å². The monoisotopic (exact) mass is 332 g/mol. The molecule has 3 aromatic rings. The van der Waals surface area contributed by atoms with Crippen molar-refractivity contribution in [2.24, 2.45) is 0 Å². The van der Waals surface area contributed by atoms with Crippen LogP contribution in [0.3, 0.4) is 0 Å². The van der Waals surface area contributed by atoms with Gasteiger partial charge >= 0.3 is 5.97 Å². The molecule has 0 saturated carbocycles. The van der Waals surface area contributed by atoms with Crippen LogP contribution in [-0.2, 0) is 14.8 Å². The number of oxazole rings is 1. The van der Waals surface area contributed by atoms with Crippen LogP contribution in [0.15, 0.2) is 58.2 Å². The molecule has 0 unspecified atom stereocenters. The molecule has 2 aromatic carbocycles. The van der Waals surface area contributed by atoms with E-state index < -0.39 is 16.0 Å². The molecule has 0 amide bonds. The van der Waals surface area contributed by atoms with Crippen LogP contribution in [0, 0.1) is 0 Å². The van der Waals surface area contributed by atoms with Crippen molar-refractivity contribution in [3.8, 4) is 0 Å². The van der Waals surface area contributed by atoms with Gasteiger partial charge in [-0.2, -0.15) is 0 Å². The van der Waals surface area contributed by atoms with Gasteiger partial charge in [0.15, 0.2) is 12.0 Å². The summed E-state index contributed by atoms with van der Waals surface area (Å²) in [5, 5.41) is 0. The highest BCUT2D eigenvalue weighted by molar-refractivity contribution is 7.92. The number of hydrogen-bond donors (Lipinski definition) is 1. The van der Waals surface area contributed by atoms with Crippen LogP contribution >= 0.6 is 0 Å². The third-order valence-electron chi connectivity index (χ3n) is 3.16. The molecule has 1 heterocycles. The maximum Gasteiger partial charge on any atom is 0.339 e. The van der Waals surface area contributed by atoms with Gasteiger partial charge in [-0.3, -0.25) is 4.72 Å². The molecule has 8 heteroatoms. The molecule has 118 valence electrons. The minimum Gasteiger partial charge on any atom is -0.465 e. The fourth-order valence-electron chi connectivity index (χ4n) is 2.11. The zero-order chi connectivity index (χ0) is 16.4. The lowest BCUT2D eigenvalue weighted by atomic mass is 10.2. The number of benzene rings is 2. The molecule has 0 saturated heterocycles. The highest BCUT2D eigenvalue weighted by Gasteiger charge is 2.22. The predicted octanol–water partition coefficient (Wildman–Crippen LogP) is 2.42. The van der Waals surface area contributed by atoms with Gasteiger partial charge in [-0.05, 0) is 30.3 Å². The molecule has 0 fully saturated rings. The van der Waals surface area contributed by atoms with E-state index in [0.717, 1.165) is 0 Å². The summed E-state index contributed by atoms with van der Waals surface area (Å²) in [7, 11) is -2.77. The van der Waals surface area contributed by atoms with Crippen LogP contribution in [0.5, 0.6) is 0 Å². The van der Waals surface area contributed by atoms with Gasteiger partial charge in [0.25, 0.3) is 10.0 Å².